The molecule has 0 bridgehead atoms. The van der Waals surface area contributed by atoms with Crippen molar-refractivity contribution in [1.82, 2.24) is 0 Å². The Morgan fingerprint density at radius 2 is 1.79 bits per heavy atom. The molecule has 1 heterocycles. The third-order valence-corrected chi connectivity index (χ3v) is 1.99. The summed E-state index contributed by atoms with van der Waals surface area (Å²) < 4.78 is 0. The monoisotopic (exact) mass is 187 g/mol. The van der Waals surface area contributed by atoms with Crippen molar-refractivity contribution in [1.29, 1.82) is 0 Å². The first-order chi connectivity index (χ1) is 6.97. The molecule has 74 valence electrons. The van der Waals surface area contributed by atoms with Crippen molar-refractivity contribution >= 4 is 5.71 Å². The number of rotatable bonds is 1. The van der Waals surface area contributed by atoms with Gasteiger partial charge >= 0.3 is 0 Å². The second-order valence-corrected chi connectivity index (χ2v) is 2.87. The van der Waals surface area contributed by atoms with E-state index in [9.17, 15) is 0 Å². The zero-order valence-electron chi connectivity index (χ0n) is 8.90. The van der Waals surface area contributed by atoms with E-state index in [0.717, 1.165) is 12.8 Å². The lowest BCUT2D eigenvalue weighted by Crippen LogP contribution is -2.01. The van der Waals surface area contributed by atoms with Crippen molar-refractivity contribution in [2.45, 2.75) is 26.7 Å². The van der Waals surface area contributed by atoms with Crippen LogP contribution in [0.15, 0.2) is 47.6 Å². The molecule has 1 aromatic rings. The summed E-state index contributed by atoms with van der Waals surface area (Å²) >= 11 is 0. The van der Waals surface area contributed by atoms with Gasteiger partial charge < -0.3 is 0 Å². The van der Waals surface area contributed by atoms with Gasteiger partial charge in [-0.15, -0.1) is 0 Å². The van der Waals surface area contributed by atoms with Gasteiger partial charge in [-0.2, -0.15) is 0 Å². The quantitative estimate of drug-likeness (QED) is 0.634. The molecule has 1 aromatic carbocycles. The van der Waals surface area contributed by atoms with Gasteiger partial charge in [0.2, 0.25) is 0 Å². The zero-order chi connectivity index (χ0) is 10.2. The highest BCUT2D eigenvalue weighted by molar-refractivity contribution is 6.01. The number of nitrogens with zero attached hydrogens (tertiary/aromatic N) is 1. The molecule has 0 amide bonds. The van der Waals surface area contributed by atoms with Gasteiger partial charge in [-0.3, -0.25) is 4.99 Å². The molecule has 1 aliphatic rings. The average molecular weight is 187 g/mol. The van der Waals surface area contributed by atoms with E-state index < -0.39 is 0 Å². The van der Waals surface area contributed by atoms with Crippen LogP contribution in [0.1, 0.15) is 32.3 Å². The Bertz CT molecular complexity index is 309. The van der Waals surface area contributed by atoms with Gasteiger partial charge in [0.15, 0.2) is 0 Å². The Morgan fingerprint density at radius 3 is 2.36 bits per heavy atom. The summed E-state index contributed by atoms with van der Waals surface area (Å²) in [5, 5.41) is 0. The molecule has 14 heavy (non-hydrogen) atoms. The molecule has 1 heteroatoms. The fourth-order valence-electron chi connectivity index (χ4n) is 1.35. The minimum Gasteiger partial charge on any atom is -0.261 e. The van der Waals surface area contributed by atoms with E-state index in [-0.39, 0.29) is 0 Å². The van der Waals surface area contributed by atoms with Crippen molar-refractivity contribution in [3.63, 3.8) is 0 Å². The van der Waals surface area contributed by atoms with Gasteiger partial charge in [-0.25, -0.2) is 0 Å². The van der Waals surface area contributed by atoms with Gasteiger partial charge in [0.1, 0.15) is 0 Å². The van der Waals surface area contributed by atoms with Gasteiger partial charge in [0.05, 0.1) is 0 Å². The van der Waals surface area contributed by atoms with Gasteiger partial charge in [0, 0.05) is 11.9 Å². The molecule has 0 fully saturated rings. The van der Waals surface area contributed by atoms with Crippen molar-refractivity contribution < 1.29 is 0 Å². The van der Waals surface area contributed by atoms with E-state index >= 15 is 0 Å². The van der Waals surface area contributed by atoms with Crippen LogP contribution in [0.5, 0.6) is 0 Å². The second kappa shape index (κ2) is 6.14. The Labute approximate surface area is 86.2 Å². The fraction of sp³-hybridized carbons (Fsp3) is 0.308. The van der Waals surface area contributed by atoms with E-state index in [0.29, 0.717) is 0 Å². The molecule has 0 atom stereocenters. The molecule has 0 spiro atoms. The first-order valence-electron chi connectivity index (χ1n) is 5.24. The molecule has 2 rings (SSSR count). The predicted octanol–water partition coefficient (Wildman–Crippen LogP) is 3.81. The highest BCUT2D eigenvalue weighted by atomic mass is 14.7. The highest BCUT2D eigenvalue weighted by Gasteiger charge is 2.02. The lowest BCUT2D eigenvalue weighted by atomic mass is 10.0. The van der Waals surface area contributed by atoms with Crippen LogP contribution >= 0.6 is 0 Å². The number of hydrogen-bond acceptors (Lipinski definition) is 1. The molecule has 0 radical (unpaired) electrons. The highest BCUT2D eigenvalue weighted by Crippen LogP contribution is 2.10. The van der Waals surface area contributed by atoms with Crippen LogP contribution in [-0.2, 0) is 0 Å². The minimum absolute atomic E-state index is 1.07. The van der Waals surface area contributed by atoms with E-state index in [1.54, 1.807) is 0 Å². The lowest BCUT2D eigenvalue weighted by Gasteiger charge is -2.06. The van der Waals surface area contributed by atoms with Crippen molar-refractivity contribution in [2.75, 3.05) is 0 Å². The SMILES string of the molecule is C1=CN=C(c2ccccc2)CC1.CC. The normalized spacial score (nSPS) is 14.0. The molecule has 1 nitrogen and oxygen atoms in total. The second-order valence-electron chi connectivity index (χ2n) is 2.87. The molecule has 0 N–H and O–H groups in total. The van der Waals surface area contributed by atoms with Crippen molar-refractivity contribution in [2.24, 2.45) is 4.99 Å². The summed E-state index contributed by atoms with van der Waals surface area (Å²) in [4.78, 5) is 4.34. The maximum Gasteiger partial charge on any atom is 0.0478 e. The van der Waals surface area contributed by atoms with E-state index in [2.05, 4.69) is 35.3 Å². The number of hydrogen-bond donors (Lipinski definition) is 0. The Balaban J connectivity index is 0.000000461. The van der Waals surface area contributed by atoms with Crippen LogP contribution in [-0.4, -0.2) is 5.71 Å². The molecule has 0 aliphatic carbocycles. The first-order valence-corrected chi connectivity index (χ1v) is 5.24. The number of benzene rings is 1. The molecule has 1 aliphatic heterocycles. The van der Waals surface area contributed by atoms with Crippen molar-refractivity contribution in [3.05, 3.63) is 48.2 Å². The van der Waals surface area contributed by atoms with Gasteiger partial charge in [-0.05, 0) is 18.4 Å². The summed E-state index contributed by atoms with van der Waals surface area (Å²) in [5.74, 6) is 0. The third-order valence-electron chi connectivity index (χ3n) is 1.99. The van der Waals surface area contributed by atoms with Crippen molar-refractivity contribution in [3.8, 4) is 0 Å². The van der Waals surface area contributed by atoms with E-state index in [1.807, 2.05) is 26.1 Å². The molecular weight excluding hydrogens is 170 g/mol. The Morgan fingerprint density at radius 1 is 1.07 bits per heavy atom. The van der Waals surface area contributed by atoms with Crippen LogP contribution in [0, 0.1) is 0 Å². The molecule has 0 unspecified atom stereocenters. The van der Waals surface area contributed by atoms with Crippen LogP contribution in [0.2, 0.25) is 0 Å². The number of allylic oxidation sites excluding steroid dienone is 1. The molecule has 0 aromatic heterocycles. The summed E-state index contributed by atoms with van der Waals surface area (Å²) in [6.07, 6.45) is 6.19. The van der Waals surface area contributed by atoms with Crippen LogP contribution in [0.4, 0.5) is 0 Å². The van der Waals surface area contributed by atoms with E-state index in [1.165, 1.54) is 11.3 Å². The predicted molar refractivity (Wildman–Crippen MR) is 62.7 cm³/mol. The maximum atomic E-state index is 4.34. The van der Waals surface area contributed by atoms with Crippen LogP contribution in [0.3, 0.4) is 0 Å². The lowest BCUT2D eigenvalue weighted by molar-refractivity contribution is 1.06. The van der Waals surface area contributed by atoms with Gasteiger partial charge in [-0.1, -0.05) is 50.3 Å². The third kappa shape index (κ3) is 2.84. The molecule has 0 saturated heterocycles. The summed E-state index contributed by atoms with van der Waals surface area (Å²) in [6.45, 7) is 4.00. The smallest absolute Gasteiger partial charge is 0.0478 e. The average Bonchev–Trinajstić information content (AvgIpc) is 2.34. The molecule has 0 saturated carbocycles. The topological polar surface area (TPSA) is 12.4 Å². The summed E-state index contributed by atoms with van der Waals surface area (Å²) in [5.41, 5.74) is 2.46. The Kier molecular flexibility index (Phi) is 4.70. The molecular formula is C13H17N. The van der Waals surface area contributed by atoms with Crippen LogP contribution in [0.25, 0.3) is 0 Å². The van der Waals surface area contributed by atoms with Crippen LogP contribution < -0.4 is 0 Å². The zero-order valence-corrected chi connectivity index (χ0v) is 8.90. The summed E-state index contributed by atoms with van der Waals surface area (Å²) in [6, 6.07) is 10.4. The van der Waals surface area contributed by atoms with E-state index in [4.69, 9.17) is 0 Å². The standard InChI is InChI=1S/C11H11N.C2H6/c1-2-6-10(7-3-1)11-8-4-5-9-12-11;1-2/h1-3,5-7,9H,4,8H2;1-2H3. The Hall–Kier alpha value is -1.37. The number of aliphatic imine (C=N–C) groups is 1. The first kappa shape index (κ1) is 10.7. The largest absolute Gasteiger partial charge is 0.261 e. The fourth-order valence-corrected chi connectivity index (χ4v) is 1.35. The van der Waals surface area contributed by atoms with Gasteiger partial charge in [0.25, 0.3) is 0 Å². The minimum atomic E-state index is 1.07. The summed E-state index contributed by atoms with van der Waals surface area (Å²) in [7, 11) is 0. The maximum absolute atomic E-state index is 4.34.